The Morgan fingerprint density at radius 1 is 1.00 bits per heavy atom. The fraction of sp³-hybridized carbons (Fsp3) is 0.304. The molecule has 0 amide bonds. The zero-order valence-corrected chi connectivity index (χ0v) is 18.4. The second-order valence-corrected chi connectivity index (χ2v) is 9.36. The van der Waals surface area contributed by atoms with Crippen LogP contribution in [0.15, 0.2) is 59.5 Å². The molecular formula is C23H27N3O3S. The van der Waals surface area contributed by atoms with Crippen LogP contribution in [-0.4, -0.2) is 44.7 Å². The largest absolute Gasteiger partial charge is 0.309 e. The van der Waals surface area contributed by atoms with Crippen molar-refractivity contribution in [2.45, 2.75) is 31.1 Å². The van der Waals surface area contributed by atoms with E-state index in [4.69, 9.17) is 0 Å². The summed E-state index contributed by atoms with van der Waals surface area (Å²) in [5.74, 6) is -0.0353. The van der Waals surface area contributed by atoms with Gasteiger partial charge in [0, 0.05) is 11.8 Å². The van der Waals surface area contributed by atoms with Gasteiger partial charge in [0.25, 0.3) is 10.0 Å². The highest BCUT2D eigenvalue weighted by molar-refractivity contribution is 7.92. The maximum Gasteiger partial charge on any atom is 0.261 e. The summed E-state index contributed by atoms with van der Waals surface area (Å²) in [4.78, 5) is 19.3. The Balaban J connectivity index is 1.84. The topological polar surface area (TPSA) is 79.4 Å². The smallest absolute Gasteiger partial charge is 0.261 e. The van der Waals surface area contributed by atoms with Crippen LogP contribution in [0.1, 0.15) is 35.3 Å². The van der Waals surface area contributed by atoms with Crippen molar-refractivity contribution in [3.8, 4) is 0 Å². The third-order valence-corrected chi connectivity index (χ3v) is 6.22. The lowest BCUT2D eigenvalue weighted by Crippen LogP contribution is -2.14. The molecule has 0 bridgehead atoms. The number of hydrogen-bond acceptors (Lipinski definition) is 5. The Bertz CT molecular complexity index is 1140. The van der Waals surface area contributed by atoms with Crippen molar-refractivity contribution in [2.75, 3.05) is 25.4 Å². The Kier molecular flexibility index (Phi) is 6.84. The van der Waals surface area contributed by atoms with E-state index in [1.54, 1.807) is 48.5 Å². The van der Waals surface area contributed by atoms with Crippen LogP contribution in [0.5, 0.6) is 0 Å². The quantitative estimate of drug-likeness (QED) is 0.409. The van der Waals surface area contributed by atoms with Gasteiger partial charge in [0.15, 0.2) is 5.78 Å². The highest BCUT2D eigenvalue weighted by atomic mass is 32.2. The second kappa shape index (κ2) is 9.36. The third-order valence-electron chi connectivity index (χ3n) is 4.84. The average molecular weight is 426 g/mol. The standard InChI is InChI=1S/C23H27N3O3S/c1-17-10-13-19(14-11-17)30(28,29)25-21-8-6-7-18-12-15-20(24-23(18)21)22(27)9-4-5-16-26(2)3/h6-8,10-15,25H,4-5,9,16H2,1-3H3. The molecule has 3 rings (SSSR count). The van der Waals surface area contributed by atoms with E-state index in [1.807, 2.05) is 27.1 Å². The highest BCUT2D eigenvalue weighted by Crippen LogP contribution is 2.25. The van der Waals surface area contributed by atoms with Crippen molar-refractivity contribution in [2.24, 2.45) is 0 Å². The number of nitrogens with one attached hydrogen (secondary N) is 1. The highest BCUT2D eigenvalue weighted by Gasteiger charge is 2.17. The van der Waals surface area contributed by atoms with Gasteiger partial charge in [0.2, 0.25) is 0 Å². The molecule has 1 aromatic heterocycles. The van der Waals surface area contributed by atoms with Crippen LogP contribution in [-0.2, 0) is 10.0 Å². The summed E-state index contributed by atoms with van der Waals surface area (Å²) in [6.07, 6.45) is 2.15. The molecule has 158 valence electrons. The Morgan fingerprint density at radius 2 is 1.73 bits per heavy atom. The molecule has 0 atom stereocenters. The molecule has 7 heteroatoms. The normalized spacial score (nSPS) is 11.7. The predicted molar refractivity (Wildman–Crippen MR) is 120 cm³/mol. The molecule has 6 nitrogen and oxygen atoms in total. The van der Waals surface area contributed by atoms with Crippen LogP contribution in [0.25, 0.3) is 10.9 Å². The number of aryl methyl sites for hydroxylation is 1. The summed E-state index contributed by atoms with van der Waals surface area (Å²) in [6, 6.07) is 15.4. The van der Waals surface area contributed by atoms with E-state index in [-0.39, 0.29) is 10.7 Å². The maximum absolute atomic E-state index is 12.8. The number of sulfonamides is 1. The van der Waals surface area contributed by atoms with Crippen LogP contribution in [0.2, 0.25) is 0 Å². The van der Waals surface area contributed by atoms with E-state index in [9.17, 15) is 13.2 Å². The number of anilines is 1. The second-order valence-electron chi connectivity index (χ2n) is 7.68. The third kappa shape index (κ3) is 5.43. The number of ketones is 1. The summed E-state index contributed by atoms with van der Waals surface area (Å²) < 4.78 is 28.2. The monoisotopic (exact) mass is 425 g/mol. The molecule has 1 heterocycles. The molecular weight excluding hydrogens is 398 g/mol. The first-order chi connectivity index (χ1) is 14.3. The number of Topliss-reactive ketones (excluding diaryl/α,β-unsaturated/α-hetero) is 1. The molecule has 30 heavy (non-hydrogen) atoms. The first-order valence-electron chi connectivity index (χ1n) is 9.93. The number of unbranched alkanes of at least 4 members (excludes halogenated alkanes) is 1. The number of pyridine rings is 1. The zero-order valence-electron chi connectivity index (χ0n) is 17.6. The molecule has 0 aliphatic heterocycles. The first-order valence-corrected chi connectivity index (χ1v) is 11.4. The van der Waals surface area contributed by atoms with E-state index >= 15 is 0 Å². The number of aromatic nitrogens is 1. The number of rotatable bonds is 9. The molecule has 0 saturated carbocycles. The van der Waals surface area contributed by atoms with Crippen LogP contribution < -0.4 is 4.72 Å². The maximum atomic E-state index is 12.8. The number of benzene rings is 2. The summed E-state index contributed by atoms with van der Waals surface area (Å²) >= 11 is 0. The molecule has 0 saturated heterocycles. The van der Waals surface area contributed by atoms with E-state index in [0.717, 1.165) is 30.3 Å². The van der Waals surface area contributed by atoms with Crippen LogP contribution >= 0.6 is 0 Å². The number of fused-ring (bicyclic) bond motifs is 1. The van der Waals surface area contributed by atoms with Gasteiger partial charge < -0.3 is 4.90 Å². The molecule has 0 unspecified atom stereocenters. The van der Waals surface area contributed by atoms with Crippen LogP contribution in [0.4, 0.5) is 5.69 Å². The minimum absolute atomic E-state index is 0.0353. The lowest BCUT2D eigenvalue weighted by atomic mass is 10.1. The fourth-order valence-electron chi connectivity index (χ4n) is 3.15. The number of para-hydroxylation sites is 1. The fourth-order valence-corrected chi connectivity index (χ4v) is 4.21. The van der Waals surface area contributed by atoms with Crippen molar-refractivity contribution in [1.29, 1.82) is 0 Å². The number of nitrogens with zero attached hydrogens (tertiary/aromatic N) is 2. The molecule has 0 fully saturated rings. The predicted octanol–water partition coefficient (Wildman–Crippen LogP) is 4.26. The zero-order chi connectivity index (χ0) is 21.7. The van der Waals surface area contributed by atoms with Crippen molar-refractivity contribution >= 4 is 32.4 Å². The SMILES string of the molecule is Cc1ccc(S(=O)(=O)Nc2cccc3ccc(C(=O)CCCCN(C)C)nc23)cc1. The van der Waals surface area contributed by atoms with Crippen molar-refractivity contribution in [3.63, 3.8) is 0 Å². The van der Waals surface area contributed by atoms with Crippen molar-refractivity contribution in [3.05, 3.63) is 65.9 Å². The first kappa shape index (κ1) is 21.9. The molecule has 2 aromatic carbocycles. The van der Waals surface area contributed by atoms with E-state index < -0.39 is 10.0 Å². The van der Waals surface area contributed by atoms with Crippen LogP contribution in [0.3, 0.4) is 0 Å². The molecule has 0 aliphatic carbocycles. The summed E-state index contributed by atoms with van der Waals surface area (Å²) in [6.45, 7) is 2.83. The molecule has 3 aromatic rings. The summed E-state index contributed by atoms with van der Waals surface area (Å²) in [7, 11) is 0.252. The molecule has 0 radical (unpaired) electrons. The molecule has 1 N–H and O–H groups in total. The summed E-state index contributed by atoms with van der Waals surface area (Å²) in [5, 5.41) is 0.767. The average Bonchev–Trinajstić information content (AvgIpc) is 2.71. The van der Waals surface area contributed by atoms with Gasteiger partial charge in [-0.3, -0.25) is 9.52 Å². The van der Waals surface area contributed by atoms with Gasteiger partial charge in [-0.05, 0) is 64.7 Å². The lowest BCUT2D eigenvalue weighted by molar-refractivity contribution is 0.0974. The van der Waals surface area contributed by atoms with Crippen molar-refractivity contribution < 1.29 is 13.2 Å². The summed E-state index contributed by atoms with van der Waals surface area (Å²) in [5.41, 5.74) is 2.16. The van der Waals surface area contributed by atoms with Gasteiger partial charge in [-0.2, -0.15) is 0 Å². The lowest BCUT2D eigenvalue weighted by Gasteiger charge is -2.11. The Labute approximate surface area is 178 Å². The number of carbonyl (C=O) groups is 1. The van der Waals surface area contributed by atoms with Crippen LogP contribution in [0, 0.1) is 6.92 Å². The van der Waals surface area contributed by atoms with Gasteiger partial charge in [-0.25, -0.2) is 13.4 Å². The van der Waals surface area contributed by atoms with Crippen molar-refractivity contribution in [1.82, 2.24) is 9.88 Å². The Hall–Kier alpha value is -2.77. The van der Waals surface area contributed by atoms with Gasteiger partial charge in [-0.15, -0.1) is 0 Å². The van der Waals surface area contributed by atoms with E-state index in [2.05, 4.69) is 14.6 Å². The number of carbonyl (C=O) groups excluding carboxylic acids is 1. The van der Waals surface area contributed by atoms with Gasteiger partial charge >= 0.3 is 0 Å². The molecule has 0 spiro atoms. The number of hydrogen-bond donors (Lipinski definition) is 1. The molecule has 0 aliphatic rings. The minimum Gasteiger partial charge on any atom is -0.309 e. The van der Waals surface area contributed by atoms with E-state index in [0.29, 0.717) is 23.3 Å². The van der Waals surface area contributed by atoms with E-state index in [1.165, 1.54) is 0 Å². The van der Waals surface area contributed by atoms with Gasteiger partial charge in [0.1, 0.15) is 5.69 Å². The minimum atomic E-state index is -3.76. The van der Waals surface area contributed by atoms with Gasteiger partial charge in [-0.1, -0.05) is 35.9 Å². The van der Waals surface area contributed by atoms with Gasteiger partial charge in [0.05, 0.1) is 16.1 Å². The Morgan fingerprint density at radius 3 is 2.43 bits per heavy atom.